The molecule has 1 unspecified atom stereocenters. The molecule has 0 heterocycles. The van der Waals surface area contributed by atoms with E-state index in [0.717, 1.165) is 23.4 Å². The minimum Gasteiger partial charge on any atom is -0.496 e. The molecule has 2 aromatic carbocycles. The zero-order chi connectivity index (χ0) is 15.2. The Morgan fingerprint density at radius 1 is 1.05 bits per heavy atom. The topological polar surface area (TPSA) is 30.5 Å². The molecule has 0 bridgehead atoms. The Hall–Kier alpha value is -1.87. The Labute approximate surface area is 130 Å². The van der Waals surface area contributed by atoms with Crippen molar-refractivity contribution in [3.05, 3.63) is 53.1 Å². The quantitative estimate of drug-likeness (QED) is 0.821. The van der Waals surface area contributed by atoms with Crippen LogP contribution in [0.4, 0.5) is 5.69 Å². The first-order chi connectivity index (χ1) is 10.2. The Kier molecular flexibility index (Phi) is 5.34. The molecule has 0 amide bonds. The van der Waals surface area contributed by atoms with E-state index < -0.39 is 0 Å². The van der Waals surface area contributed by atoms with Crippen molar-refractivity contribution in [2.75, 3.05) is 19.5 Å². The average molecular weight is 306 g/mol. The molecular formula is C17H20ClNO2. The van der Waals surface area contributed by atoms with Gasteiger partial charge in [-0.05, 0) is 24.6 Å². The third-order valence-electron chi connectivity index (χ3n) is 3.41. The van der Waals surface area contributed by atoms with Gasteiger partial charge in [0.2, 0.25) is 0 Å². The first-order valence-electron chi connectivity index (χ1n) is 6.92. The van der Waals surface area contributed by atoms with E-state index in [0.29, 0.717) is 10.8 Å². The summed E-state index contributed by atoms with van der Waals surface area (Å²) in [6.45, 7) is 2.14. The highest BCUT2D eigenvalue weighted by Crippen LogP contribution is 2.33. The molecule has 1 atom stereocenters. The summed E-state index contributed by atoms with van der Waals surface area (Å²) in [6, 6.07) is 13.9. The molecule has 21 heavy (non-hydrogen) atoms. The van der Waals surface area contributed by atoms with Crippen LogP contribution in [0.15, 0.2) is 42.5 Å². The van der Waals surface area contributed by atoms with Crippen LogP contribution < -0.4 is 14.8 Å². The van der Waals surface area contributed by atoms with Crippen LogP contribution in [0.25, 0.3) is 0 Å². The van der Waals surface area contributed by atoms with Gasteiger partial charge in [0.05, 0.1) is 25.3 Å². The van der Waals surface area contributed by atoms with Crippen LogP contribution in [0, 0.1) is 0 Å². The highest BCUT2D eigenvalue weighted by atomic mass is 35.5. The number of halogens is 1. The van der Waals surface area contributed by atoms with Gasteiger partial charge in [-0.15, -0.1) is 0 Å². The Morgan fingerprint density at radius 2 is 1.76 bits per heavy atom. The largest absolute Gasteiger partial charge is 0.496 e. The number of nitrogens with one attached hydrogen (secondary N) is 1. The number of methoxy groups -OCH3 is 2. The van der Waals surface area contributed by atoms with E-state index in [9.17, 15) is 0 Å². The first kappa shape index (κ1) is 15.5. The van der Waals surface area contributed by atoms with Crippen LogP contribution in [0.2, 0.25) is 5.02 Å². The maximum Gasteiger partial charge on any atom is 0.139 e. The van der Waals surface area contributed by atoms with Crippen LogP contribution in [0.1, 0.15) is 24.9 Å². The SMILES string of the molecule is CCC(Nc1ccc(Cl)c(OC)c1)c1ccccc1OC. The molecule has 1 N–H and O–H groups in total. The molecule has 0 spiro atoms. The van der Waals surface area contributed by atoms with E-state index in [4.69, 9.17) is 21.1 Å². The molecule has 3 nitrogen and oxygen atoms in total. The molecule has 112 valence electrons. The molecule has 0 aromatic heterocycles. The second-order valence-corrected chi connectivity index (χ2v) is 5.10. The molecular weight excluding hydrogens is 286 g/mol. The minimum atomic E-state index is 0.159. The molecule has 0 aliphatic carbocycles. The van der Waals surface area contributed by atoms with Crippen molar-refractivity contribution < 1.29 is 9.47 Å². The number of ether oxygens (including phenoxy) is 2. The molecule has 4 heteroatoms. The third-order valence-corrected chi connectivity index (χ3v) is 3.73. The van der Waals surface area contributed by atoms with E-state index in [1.54, 1.807) is 14.2 Å². The maximum atomic E-state index is 6.06. The summed E-state index contributed by atoms with van der Waals surface area (Å²) < 4.78 is 10.7. The van der Waals surface area contributed by atoms with Gasteiger partial charge in [0, 0.05) is 17.3 Å². The maximum absolute atomic E-state index is 6.06. The fourth-order valence-corrected chi connectivity index (χ4v) is 2.50. The predicted octanol–water partition coefficient (Wildman–Crippen LogP) is 4.92. The van der Waals surface area contributed by atoms with Gasteiger partial charge >= 0.3 is 0 Å². The molecule has 0 radical (unpaired) electrons. The molecule has 0 saturated heterocycles. The first-order valence-corrected chi connectivity index (χ1v) is 7.30. The fourth-order valence-electron chi connectivity index (χ4n) is 2.30. The van der Waals surface area contributed by atoms with E-state index in [1.165, 1.54) is 0 Å². The summed E-state index contributed by atoms with van der Waals surface area (Å²) in [6.07, 6.45) is 0.936. The van der Waals surface area contributed by atoms with Gasteiger partial charge in [-0.3, -0.25) is 0 Å². The minimum absolute atomic E-state index is 0.159. The van der Waals surface area contributed by atoms with Crippen LogP contribution in [-0.4, -0.2) is 14.2 Å². The lowest BCUT2D eigenvalue weighted by molar-refractivity contribution is 0.406. The van der Waals surface area contributed by atoms with Crippen LogP contribution in [0.3, 0.4) is 0 Å². The summed E-state index contributed by atoms with van der Waals surface area (Å²) in [7, 11) is 3.30. The second-order valence-electron chi connectivity index (χ2n) is 4.70. The van der Waals surface area contributed by atoms with Gasteiger partial charge in [-0.2, -0.15) is 0 Å². The Balaban J connectivity index is 2.27. The van der Waals surface area contributed by atoms with E-state index in [2.05, 4.69) is 18.3 Å². The summed E-state index contributed by atoms with van der Waals surface area (Å²) in [4.78, 5) is 0. The van der Waals surface area contributed by atoms with Crippen molar-refractivity contribution in [2.24, 2.45) is 0 Å². The zero-order valence-corrected chi connectivity index (χ0v) is 13.3. The summed E-state index contributed by atoms with van der Waals surface area (Å²) >= 11 is 6.06. The molecule has 0 aliphatic heterocycles. The molecule has 0 saturated carbocycles. The molecule has 0 aliphatic rings. The van der Waals surface area contributed by atoms with Crippen molar-refractivity contribution in [3.63, 3.8) is 0 Å². The van der Waals surface area contributed by atoms with E-state index in [-0.39, 0.29) is 6.04 Å². The standard InChI is InChI=1S/C17H20ClNO2/c1-4-15(13-7-5-6-8-16(13)20-2)19-12-9-10-14(18)17(11-12)21-3/h5-11,15,19H,4H2,1-3H3. The number of para-hydroxylation sites is 1. The van der Waals surface area contributed by atoms with Crippen molar-refractivity contribution in [3.8, 4) is 11.5 Å². The van der Waals surface area contributed by atoms with Gasteiger partial charge in [0.15, 0.2) is 0 Å². The highest BCUT2D eigenvalue weighted by Gasteiger charge is 2.14. The summed E-state index contributed by atoms with van der Waals surface area (Å²) in [5.74, 6) is 1.55. The van der Waals surface area contributed by atoms with Crippen LogP contribution in [0.5, 0.6) is 11.5 Å². The number of hydrogen-bond donors (Lipinski definition) is 1. The molecule has 2 aromatic rings. The van der Waals surface area contributed by atoms with Gasteiger partial charge in [0.25, 0.3) is 0 Å². The third kappa shape index (κ3) is 3.61. The number of benzene rings is 2. The number of anilines is 1. The normalized spacial score (nSPS) is 11.8. The van der Waals surface area contributed by atoms with Crippen molar-refractivity contribution in [1.29, 1.82) is 0 Å². The second kappa shape index (κ2) is 7.23. The predicted molar refractivity (Wildman–Crippen MR) is 87.7 cm³/mol. The summed E-state index contributed by atoms with van der Waals surface area (Å²) in [5, 5.41) is 4.11. The van der Waals surface area contributed by atoms with Gasteiger partial charge in [-0.1, -0.05) is 36.7 Å². The lowest BCUT2D eigenvalue weighted by Crippen LogP contribution is -2.11. The molecule has 2 rings (SSSR count). The molecule has 0 fully saturated rings. The fraction of sp³-hybridized carbons (Fsp3) is 0.294. The van der Waals surface area contributed by atoms with Crippen molar-refractivity contribution >= 4 is 17.3 Å². The highest BCUT2D eigenvalue weighted by molar-refractivity contribution is 6.32. The lowest BCUT2D eigenvalue weighted by Gasteiger charge is -2.21. The van der Waals surface area contributed by atoms with Crippen molar-refractivity contribution in [1.82, 2.24) is 0 Å². The average Bonchev–Trinajstić information content (AvgIpc) is 2.54. The zero-order valence-electron chi connectivity index (χ0n) is 12.5. The summed E-state index contributed by atoms with van der Waals surface area (Å²) in [5.41, 5.74) is 2.10. The van der Waals surface area contributed by atoms with E-state index >= 15 is 0 Å². The van der Waals surface area contributed by atoms with Gasteiger partial charge < -0.3 is 14.8 Å². The van der Waals surface area contributed by atoms with Gasteiger partial charge in [-0.25, -0.2) is 0 Å². The lowest BCUT2D eigenvalue weighted by atomic mass is 10.0. The monoisotopic (exact) mass is 305 g/mol. The van der Waals surface area contributed by atoms with Crippen LogP contribution in [-0.2, 0) is 0 Å². The van der Waals surface area contributed by atoms with Gasteiger partial charge in [0.1, 0.15) is 11.5 Å². The Morgan fingerprint density at radius 3 is 2.43 bits per heavy atom. The van der Waals surface area contributed by atoms with Crippen LogP contribution >= 0.6 is 11.6 Å². The smallest absolute Gasteiger partial charge is 0.139 e. The number of rotatable bonds is 6. The van der Waals surface area contributed by atoms with Crippen molar-refractivity contribution in [2.45, 2.75) is 19.4 Å². The number of hydrogen-bond acceptors (Lipinski definition) is 3. The Bertz CT molecular complexity index is 601. The van der Waals surface area contributed by atoms with E-state index in [1.807, 2.05) is 36.4 Å².